The Kier molecular flexibility index (Phi) is 6.80. The molecule has 0 bridgehead atoms. The van der Waals surface area contributed by atoms with Gasteiger partial charge < -0.3 is 4.57 Å². The minimum absolute atomic E-state index is 0.491. The predicted molar refractivity (Wildman–Crippen MR) is 100 cm³/mol. The van der Waals surface area contributed by atoms with Crippen LogP contribution in [0.25, 0.3) is 11.0 Å². The van der Waals surface area contributed by atoms with Gasteiger partial charge in [0.15, 0.2) is 0 Å². The molecule has 4 heteroatoms. The predicted octanol–water partition coefficient (Wildman–Crippen LogP) is 5.95. The van der Waals surface area contributed by atoms with Crippen LogP contribution in [0.1, 0.15) is 57.8 Å². The lowest BCUT2D eigenvalue weighted by atomic mass is 10.1. The minimum atomic E-state index is 0.491. The van der Waals surface area contributed by atoms with Crippen LogP contribution in [0.5, 0.6) is 0 Å². The van der Waals surface area contributed by atoms with Gasteiger partial charge in [-0.1, -0.05) is 32.6 Å². The van der Waals surface area contributed by atoms with Gasteiger partial charge in [0.2, 0.25) is 0 Å². The van der Waals surface area contributed by atoms with Crippen LogP contribution in [0, 0.1) is 3.57 Å². The number of hydrogen-bond donors (Lipinski definition) is 0. The molecule has 0 aliphatic heterocycles. The highest BCUT2D eigenvalue weighted by molar-refractivity contribution is 14.1. The van der Waals surface area contributed by atoms with E-state index in [1.165, 1.54) is 41.2 Å². The third-order valence-electron chi connectivity index (χ3n) is 3.96. The number of halogens is 2. The average Bonchev–Trinajstić information content (AvgIpc) is 2.81. The second-order valence-electron chi connectivity index (χ2n) is 5.67. The molecule has 0 aliphatic rings. The zero-order valence-electron chi connectivity index (χ0n) is 12.9. The molecule has 0 amide bonds. The van der Waals surface area contributed by atoms with Crippen molar-refractivity contribution in [2.24, 2.45) is 0 Å². The second kappa shape index (κ2) is 8.37. The van der Waals surface area contributed by atoms with Gasteiger partial charge >= 0.3 is 0 Å². The summed E-state index contributed by atoms with van der Waals surface area (Å²) in [5.74, 6) is 1.76. The Balaban J connectivity index is 2.24. The third kappa shape index (κ3) is 4.35. The summed E-state index contributed by atoms with van der Waals surface area (Å²) < 4.78 is 3.64. The van der Waals surface area contributed by atoms with Gasteiger partial charge in [0.05, 0.1) is 11.0 Å². The molecule has 0 radical (unpaired) electrons. The Labute approximate surface area is 146 Å². The van der Waals surface area contributed by atoms with E-state index in [1.54, 1.807) is 0 Å². The van der Waals surface area contributed by atoms with E-state index in [0.717, 1.165) is 17.8 Å². The van der Waals surface area contributed by atoms with Crippen molar-refractivity contribution in [3.8, 4) is 0 Å². The van der Waals surface area contributed by atoms with Gasteiger partial charge in [0, 0.05) is 21.9 Å². The zero-order valence-corrected chi connectivity index (χ0v) is 15.8. The van der Waals surface area contributed by atoms with E-state index in [9.17, 15) is 0 Å². The van der Waals surface area contributed by atoms with Crippen molar-refractivity contribution in [2.45, 2.75) is 58.4 Å². The topological polar surface area (TPSA) is 17.8 Å². The summed E-state index contributed by atoms with van der Waals surface area (Å²) in [5.41, 5.74) is 2.35. The number of rotatable bonds is 8. The van der Waals surface area contributed by atoms with E-state index in [2.05, 4.69) is 59.2 Å². The second-order valence-corrected chi connectivity index (χ2v) is 7.29. The fourth-order valence-corrected chi connectivity index (χ4v) is 3.51. The van der Waals surface area contributed by atoms with Gasteiger partial charge in [0.25, 0.3) is 0 Å². The van der Waals surface area contributed by atoms with E-state index in [1.807, 2.05) is 0 Å². The SMILES string of the molecule is CCCCCCC(C)n1c(CCCl)nc2cc(I)ccc21. The summed E-state index contributed by atoms with van der Waals surface area (Å²) >= 11 is 8.31. The Hall–Kier alpha value is -0.290. The summed E-state index contributed by atoms with van der Waals surface area (Å²) in [6.07, 6.45) is 7.30. The molecule has 2 aromatic rings. The van der Waals surface area contributed by atoms with Gasteiger partial charge in [-0.2, -0.15) is 0 Å². The van der Waals surface area contributed by atoms with Crippen LogP contribution in [0.15, 0.2) is 18.2 Å². The van der Waals surface area contributed by atoms with Crippen LogP contribution in [0.2, 0.25) is 0 Å². The fraction of sp³-hybridized carbons (Fsp3) is 0.588. The lowest BCUT2D eigenvalue weighted by molar-refractivity contribution is 0.470. The molecule has 1 aromatic heterocycles. The highest BCUT2D eigenvalue weighted by atomic mass is 127. The molecule has 0 spiro atoms. The Morgan fingerprint density at radius 2 is 2.10 bits per heavy atom. The molecule has 0 N–H and O–H groups in total. The quantitative estimate of drug-likeness (QED) is 0.294. The molecule has 1 atom stereocenters. The van der Waals surface area contributed by atoms with Gasteiger partial charge in [-0.3, -0.25) is 0 Å². The van der Waals surface area contributed by atoms with E-state index < -0.39 is 0 Å². The summed E-state index contributed by atoms with van der Waals surface area (Å²) in [5, 5.41) is 0. The van der Waals surface area contributed by atoms with Crippen LogP contribution >= 0.6 is 34.2 Å². The fourth-order valence-electron chi connectivity index (χ4n) is 2.87. The van der Waals surface area contributed by atoms with Crippen molar-refractivity contribution in [2.75, 3.05) is 5.88 Å². The maximum absolute atomic E-state index is 5.96. The summed E-state index contributed by atoms with van der Waals surface area (Å²) in [7, 11) is 0. The Morgan fingerprint density at radius 1 is 1.29 bits per heavy atom. The van der Waals surface area contributed by atoms with E-state index in [0.29, 0.717) is 11.9 Å². The number of benzene rings is 1. The lowest BCUT2D eigenvalue weighted by Gasteiger charge is -2.17. The van der Waals surface area contributed by atoms with E-state index in [4.69, 9.17) is 16.6 Å². The molecule has 0 saturated carbocycles. The summed E-state index contributed by atoms with van der Waals surface area (Å²) in [6.45, 7) is 4.57. The molecule has 116 valence electrons. The molecular formula is C17H24ClIN2. The van der Waals surface area contributed by atoms with Crippen LogP contribution < -0.4 is 0 Å². The summed E-state index contributed by atoms with van der Waals surface area (Å²) in [6, 6.07) is 7.01. The first-order valence-corrected chi connectivity index (χ1v) is 9.51. The molecule has 21 heavy (non-hydrogen) atoms. The van der Waals surface area contributed by atoms with Crippen molar-refractivity contribution in [1.82, 2.24) is 9.55 Å². The van der Waals surface area contributed by atoms with Crippen LogP contribution in [-0.4, -0.2) is 15.4 Å². The summed E-state index contributed by atoms with van der Waals surface area (Å²) in [4.78, 5) is 4.80. The van der Waals surface area contributed by atoms with Gasteiger partial charge in [-0.25, -0.2) is 4.98 Å². The largest absolute Gasteiger partial charge is 0.325 e. The van der Waals surface area contributed by atoms with Crippen LogP contribution in [0.4, 0.5) is 0 Å². The van der Waals surface area contributed by atoms with Gasteiger partial charge in [0.1, 0.15) is 5.82 Å². The normalized spacial score (nSPS) is 13.0. The maximum Gasteiger partial charge on any atom is 0.111 e. The van der Waals surface area contributed by atoms with Crippen molar-refractivity contribution in [3.05, 3.63) is 27.6 Å². The lowest BCUT2D eigenvalue weighted by Crippen LogP contribution is -2.10. The molecule has 0 aliphatic carbocycles. The van der Waals surface area contributed by atoms with Gasteiger partial charge in [-0.05, 0) is 54.1 Å². The number of hydrogen-bond acceptors (Lipinski definition) is 1. The Morgan fingerprint density at radius 3 is 2.81 bits per heavy atom. The smallest absolute Gasteiger partial charge is 0.111 e. The van der Waals surface area contributed by atoms with E-state index in [-0.39, 0.29) is 0 Å². The number of imidazole rings is 1. The van der Waals surface area contributed by atoms with Crippen LogP contribution in [-0.2, 0) is 6.42 Å². The zero-order chi connectivity index (χ0) is 15.2. The molecular weight excluding hydrogens is 395 g/mol. The number of nitrogens with zero attached hydrogens (tertiary/aromatic N) is 2. The Bertz CT molecular complexity index is 579. The number of unbranched alkanes of at least 4 members (excludes halogenated alkanes) is 3. The average molecular weight is 419 g/mol. The monoisotopic (exact) mass is 418 g/mol. The molecule has 1 unspecified atom stereocenters. The first-order chi connectivity index (χ1) is 10.2. The molecule has 2 nitrogen and oxygen atoms in total. The number of aryl methyl sites for hydroxylation is 1. The molecule has 1 aromatic carbocycles. The number of alkyl halides is 1. The van der Waals surface area contributed by atoms with Crippen LogP contribution in [0.3, 0.4) is 0 Å². The highest BCUT2D eigenvalue weighted by Gasteiger charge is 2.15. The third-order valence-corrected chi connectivity index (χ3v) is 4.82. The maximum atomic E-state index is 5.96. The molecule has 2 rings (SSSR count). The first kappa shape index (κ1) is 17.1. The highest BCUT2D eigenvalue weighted by Crippen LogP contribution is 2.26. The number of aromatic nitrogens is 2. The van der Waals surface area contributed by atoms with E-state index >= 15 is 0 Å². The van der Waals surface area contributed by atoms with Crippen molar-refractivity contribution in [3.63, 3.8) is 0 Å². The van der Waals surface area contributed by atoms with Gasteiger partial charge in [-0.15, -0.1) is 11.6 Å². The standard InChI is InChI=1S/C17H24ClIN2/c1-3-4-5-6-7-13(2)21-16-9-8-14(19)12-15(16)20-17(21)10-11-18/h8-9,12-13H,3-7,10-11H2,1-2H3. The van der Waals surface area contributed by atoms with Crippen molar-refractivity contribution >= 4 is 45.2 Å². The van der Waals surface area contributed by atoms with Crippen molar-refractivity contribution < 1.29 is 0 Å². The number of fused-ring (bicyclic) bond motifs is 1. The minimum Gasteiger partial charge on any atom is -0.325 e. The molecule has 0 fully saturated rings. The van der Waals surface area contributed by atoms with Crippen molar-refractivity contribution in [1.29, 1.82) is 0 Å². The molecule has 0 saturated heterocycles. The molecule has 1 heterocycles. The first-order valence-electron chi connectivity index (χ1n) is 7.89.